The molecule has 0 aliphatic carbocycles. The average molecular weight is 500 g/mol. The number of carbonyl (C=O) groups is 2. The van der Waals surface area contributed by atoms with Crippen molar-refractivity contribution < 1.29 is 9.59 Å². The van der Waals surface area contributed by atoms with Gasteiger partial charge >= 0.3 is 6.03 Å². The molecule has 1 heterocycles. The second-order valence-corrected chi connectivity index (χ2v) is 9.04. The number of thioether (sulfide) groups is 1. The molecule has 0 unspecified atom stereocenters. The molecule has 1 aromatic heterocycles. The van der Waals surface area contributed by atoms with Crippen molar-refractivity contribution in [1.82, 2.24) is 14.7 Å². The van der Waals surface area contributed by atoms with Crippen LogP contribution in [0.1, 0.15) is 13.3 Å². The highest BCUT2D eigenvalue weighted by Gasteiger charge is 2.19. The number of carbonyl (C=O) groups excluding carboxylic acids is 2. The fourth-order valence-electron chi connectivity index (χ4n) is 3.74. The topological polar surface area (TPSA) is 79.3 Å². The van der Waals surface area contributed by atoms with Gasteiger partial charge in [0.25, 0.3) is 0 Å². The molecule has 7 nitrogen and oxygen atoms in total. The standard InChI is InChI=1S/C28H29N5O2S/c1-3-18-32(28(35)29-22-14-16-24(36-2)17-15-22)20-27(34)30-26-19-25(21-10-6-4-7-11-21)31-33(26)23-12-8-5-9-13-23/h4-17,19H,3,18,20H2,1-2H3,(H,29,35)(H,30,34). The first-order valence-electron chi connectivity index (χ1n) is 11.8. The molecule has 0 saturated heterocycles. The van der Waals surface area contributed by atoms with Crippen molar-refractivity contribution in [2.75, 3.05) is 30.0 Å². The van der Waals surface area contributed by atoms with Crippen LogP contribution in [0.4, 0.5) is 16.3 Å². The monoisotopic (exact) mass is 499 g/mol. The zero-order chi connectivity index (χ0) is 25.3. The summed E-state index contributed by atoms with van der Waals surface area (Å²) in [5, 5.41) is 10.6. The molecule has 0 aliphatic heterocycles. The lowest BCUT2D eigenvalue weighted by atomic mass is 10.1. The van der Waals surface area contributed by atoms with Gasteiger partial charge in [0.15, 0.2) is 0 Å². The molecule has 0 aliphatic rings. The SMILES string of the molecule is CCCN(CC(=O)Nc1cc(-c2ccccc2)nn1-c1ccccc1)C(=O)Nc1ccc(SC)cc1. The summed E-state index contributed by atoms with van der Waals surface area (Å²) < 4.78 is 1.71. The van der Waals surface area contributed by atoms with Crippen LogP contribution in [0.15, 0.2) is 95.9 Å². The van der Waals surface area contributed by atoms with Crippen LogP contribution >= 0.6 is 11.8 Å². The van der Waals surface area contributed by atoms with E-state index in [0.29, 0.717) is 18.1 Å². The molecule has 2 N–H and O–H groups in total. The van der Waals surface area contributed by atoms with E-state index in [2.05, 4.69) is 10.6 Å². The number of aromatic nitrogens is 2. The number of nitrogens with zero attached hydrogens (tertiary/aromatic N) is 3. The largest absolute Gasteiger partial charge is 0.322 e. The van der Waals surface area contributed by atoms with Gasteiger partial charge in [0, 0.05) is 28.8 Å². The second kappa shape index (κ2) is 12.1. The zero-order valence-corrected chi connectivity index (χ0v) is 21.2. The maximum Gasteiger partial charge on any atom is 0.322 e. The molecule has 0 radical (unpaired) electrons. The fraction of sp³-hybridized carbons (Fsp3) is 0.179. The van der Waals surface area contributed by atoms with Crippen molar-refractivity contribution in [3.63, 3.8) is 0 Å². The highest BCUT2D eigenvalue weighted by molar-refractivity contribution is 7.98. The Bertz CT molecular complexity index is 1290. The number of anilines is 2. The van der Waals surface area contributed by atoms with Gasteiger partial charge in [-0.2, -0.15) is 5.10 Å². The Morgan fingerprint density at radius 2 is 1.58 bits per heavy atom. The number of hydrogen-bond donors (Lipinski definition) is 2. The van der Waals surface area contributed by atoms with Crippen LogP contribution < -0.4 is 10.6 Å². The van der Waals surface area contributed by atoms with Crippen LogP contribution in [0.3, 0.4) is 0 Å². The van der Waals surface area contributed by atoms with Crippen molar-refractivity contribution >= 4 is 35.2 Å². The summed E-state index contributed by atoms with van der Waals surface area (Å²) in [6.07, 6.45) is 2.73. The number of nitrogens with one attached hydrogen (secondary N) is 2. The summed E-state index contributed by atoms with van der Waals surface area (Å²) in [7, 11) is 0. The van der Waals surface area contributed by atoms with E-state index in [1.54, 1.807) is 16.4 Å². The van der Waals surface area contributed by atoms with E-state index in [1.165, 1.54) is 4.90 Å². The van der Waals surface area contributed by atoms with E-state index < -0.39 is 0 Å². The normalized spacial score (nSPS) is 10.6. The summed E-state index contributed by atoms with van der Waals surface area (Å²) in [5.74, 6) is 0.239. The van der Waals surface area contributed by atoms with Crippen LogP contribution in [0.5, 0.6) is 0 Å². The minimum atomic E-state index is -0.314. The molecular weight excluding hydrogens is 470 g/mol. The minimum Gasteiger partial charge on any atom is -0.315 e. The van der Waals surface area contributed by atoms with E-state index in [-0.39, 0.29) is 18.5 Å². The van der Waals surface area contributed by atoms with Gasteiger partial charge in [-0.05, 0) is 49.1 Å². The van der Waals surface area contributed by atoms with E-state index in [1.807, 2.05) is 104 Å². The molecule has 8 heteroatoms. The maximum absolute atomic E-state index is 13.1. The molecule has 0 atom stereocenters. The molecule has 0 saturated carbocycles. The fourth-order valence-corrected chi connectivity index (χ4v) is 4.15. The first kappa shape index (κ1) is 25.1. The van der Waals surface area contributed by atoms with Crippen molar-refractivity contribution in [3.8, 4) is 16.9 Å². The lowest BCUT2D eigenvalue weighted by molar-refractivity contribution is -0.116. The number of amides is 3. The highest BCUT2D eigenvalue weighted by Crippen LogP contribution is 2.25. The second-order valence-electron chi connectivity index (χ2n) is 8.16. The number of rotatable bonds is 9. The average Bonchev–Trinajstić information content (AvgIpc) is 3.33. The molecular formula is C28H29N5O2S. The number of hydrogen-bond acceptors (Lipinski definition) is 4. The Hall–Kier alpha value is -4.04. The Morgan fingerprint density at radius 3 is 2.22 bits per heavy atom. The number of urea groups is 1. The highest BCUT2D eigenvalue weighted by atomic mass is 32.2. The van der Waals surface area contributed by atoms with Crippen LogP contribution in [0.2, 0.25) is 0 Å². The van der Waals surface area contributed by atoms with Gasteiger partial charge in [-0.1, -0.05) is 55.5 Å². The van der Waals surface area contributed by atoms with Gasteiger partial charge in [0.2, 0.25) is 5.91 Å². The van der Waals surface area contributed by atoms with Crippen LogP contribution in [-0.2, 0) is 4.79 Å². The van der Waals surface area contributed by atoms with Gasteiger partial charge in [0.05, 0.1) is 11.4 Å². The maximum atomic E-state index is 13.1. The zero-order valence-electron chi connectivity index (χ0n) is 20.3. The molecule has 36 heavy (non-hydrogen) atoms. The molecule has 0 fully saturated rings. The van der Waals surface area contributed by atoms with Crippen LogP contribution in [0.25, 0.3) is 16.9 Å². The smallest absolute Gasteiger partial charge is 0.315 e. The Kier molecular flexibility index (Phi) is 8.41. The molecule has 3 amide bonds. The molecule has 184 valence electrons. The van der Waals surface area contributed by atoms with E-state index in [9.17, 15) is 9.59 Å². The first-order chi connectivity index (χ1) is 17.6. The van der Waals surface area contributed by atoms with E-state index in [0.717, 1.165) is 28.3 Å². The molecule has 3 aromatic carbocycles. The summed E-state index contributed by atoms with van der Waals surface area (Å²) in [5.41, 5.74) is 3.20. The number of benzene rings is 3. The quantitative estimate of drug-likeness (QED) is 0.271. The van der Waals surface area contributed by atoms with Crippen molar-refractivity contribution in [2.45, 2.75) is 18.2 Å². The lowest BCUT2D eigenvalue weighted by Gasteiger charge is -2.22. The van der Waals surface area contributed by atoms with Gasteiger partial charge in [0.1, 0.15) is 12.4 Å². The first-order valence-corrected chi connectivity index (χ1v) is 13.0. The van der Waals surface area contributed by atoms with Crippen molar-refractivity contribution in [1.29, 1.82) is 0 Å². The Labute approximate surface area is 215 Å². The lowest BCUT2D eigenvalue weighted by Crippen LogP contribution is -2.41. The van der Waals surface area contributed by atoms with E-state index in [4.69, 9.17) is 5.10 Å². The third-order valence-corrected chi connectivity index (χ3v) is 6.25. The third-order valence-electron chi connectivity index (χ3n) is 5.50. The van der Waals surface area contributed by atoms with Crippen molar-refractivity contribution in [3.05, 3.63) is 91.0 Å². The van der Waals surface area contributed by atoms with Gasteiger partial charge in [-0.25, -0.2) is 9.48 Å². The van der Waals surface area contributed by atoms with Gasteiger partial charge in [-0.3, -0.25) is 4.79 Å². The van der Waals surface area contributed by atoms with Crippen LogP contribution in [0, 0.1) is 0 Å². The van der Waals surface area contributed by atoms with Gasteiger partial charge in [-0.15, -0.1) is 11.8 Å². The molecule has 4 rings (SSSR count). The van der Waals surface area contributed by atoms with Crippen LogP contribution in [-0.4, -0.2) is 46.0 Å². The van der Waals surface area contributed by atoms with E-state index >= 15 is 0 Å². The molecule has 0 spiro atoms. The summed E-state index contributed by atoms with van der Waals surface area (Å²) in [6.45, 7) is 2.35. The molecule has 0 bridgehead atoms. The third kappa shape index (κ3) is 6.34. The summed E-state index contributed by atoms with van der Waals surface area (Å²) in [4.78, 5) is 28.7. The summed E-state index contributed by atoms with van der Waals surface area (Å²) >= 11 is 1.64. The van der Waals surface area contributed by atoms with Gasteiger partial charge < -0.3 is 15.5 Å². The Morgan fingerprint density at radius 1 is 0.917 bits per heavy atom. The number of para-hydroxylation sites is 1. The molecule has 4 aromatic rings. The minimum absolute atomic E-state index is 0.0802. The Balaban J connectivity index is 1.51. The predicted octanol–water partition coefficient (Wildman–Crippen LogP) is 6.14. The predicted molar refractivity (Wildman–Crippen MR) is 147 cm³/mol. The van der Waals surface area contributed by atoms with Crippen molar-refractivity contribution in [2.24, 2.45) is 0 Å². The summed E-state index contributed by atoms with van der Waals surface area (Å²) in [6, 6.07) is 28.6.